The van der Waals surface area contributed by atoms with Gasteiger partial charge in [-0.05, 0) is 94.6 Å². The van der Waals surface area contributed by atoms with Gasteiger partial charge in [0, 0.05) is 23.6 Å². The zero-order valence-corrected chi connectivity index (χ0v) is 31.4. The number of nitrogens with two attached hydrogens (primary N) is 1. The number of amides is 2. The molecule has 3 aromatic rings. The smallest absolute Gasteiger partial charge is 0.239 e. The number of rotatable bonds is 25. The maximum Gasteiger partial charge on any atom is 0.239 e. The van der Waals surface area contributed by atoms with Gasteiger partial charge in [0.1, 0.15) is 0 Å². The molecule has 0 saturated carbocycles. The van der Waals surface area contributed by atoms with Gasteiger partial charge in [-0.3, -0.25) is 14.4 Å². The number of aliphatic hydroxyl groups excluding tert-OH is 1. The van der Waals surface area contributed by atoms with Gasteiger partial charge in [-0.1, -0.05) is 37.3 Å². The molecule has 1 atom stereocenters. The van der Waals surface area contributed by atoms with Crippen LogP contribution in [0, 0.1) is 6.92 Å². The fraction of sp³-hybridized carbons (Fsp3) is 0.444. The highest BCUT2D eigenvalue weighted by Crippen LogP contribution is 2.26. The quantitative estimate of drug-likeness (QED) is 0.0465. The van der Waals surface area contributed by atoms with Crippen LogP contribution in [0.5, 0.6) is 0 Å². The number of ketones is 1. The molecule has 284 valence electrons. The Kier molecular flexibility index (Phi) is 18.0. The molecule has 0 aliphatic carbocycles. The second kappa shape index (κ2) is 22.1. The molecule has 0 aliphatic heterocycles. The molecular formula is C36H52N8O6S2. The van der Waals surface area contributed by atoms with Gasteiger partial charge in [0.15, 0.2) is 5.78 Å². The van der Waals surface area contributed by atoms with E-state index in [1.54, 1.807) is 16.8 Å². The average molecular weight is 757 g/mol. The Morgan fingerprint density at radius 1 is 0.865 bits per heavy atom. The van der Waals surface area contributed by atoms with Crippen molar-refractivity contribution in [2.45, 2.75) is 56.4 Å². The zero-order valence-electron chi connectivity index (χ0n) is 29.7. The first-order chi connectivity index (χ1) is 24.9. The van der Waals surface area contributed by atoms with Crippen molar-refractivity contribution in [2.24, 2.45) is 5.14 Å². The maximum absolute atomic E-state index is 13.5. The van der Waals surface area contributed by atoms with Crippen LogP contribution in [0.15, 0.2) is 71.8 Å². The summed E-state index contributed by atoms with van der Waals surface area (Å²) >= 11 is 4.07. The molecule has 0 radical (unpaired) electrons. The van der Waals surface area contributed by atoms with Gasteiger partial charge in [0.25, 0.3) is 0 Å². The Labute approximate surface area is 311 Å². The number of primary sulfonamides is 1. The standard InChI is InChI=1S/C36H52N8O6S2/c1-26-21-32(44(43-26)30-13-15-31(16-14-30)52(37,49)50)28-9-11-29(12-10-28)36(39-19-7-3-5-17-38-18-6-4-8-20-45)33(46)22-41-35(48)24-42-34(47)23-40-27(2)25-51/h9-16,21,36,38-40,45,51H,2-8,17-20,22-25H2,1H3,(H,41,48)(H,42,47)(H2,37,49,50). The van der Waals surface area contributed by atoms with E-state index in [1.807, 2.05) is 37.3 Å². The van der Waals surface area contributed by atoms with E-state index in [4.69, 9.17) is 10.2 Å². The number of hydrogen-bond donors (Lipinski definition) is 8. The molecular weight excluding hydrogens is 705 g/mol. The monoisotopic (exact) mass is 756 g/mol. The Bertz CT molecular complexity index is 1710. The highest BCUT2D eigenvalue weighted by Gasteiger charge is 2.21. The van der Waals surface area contributed by atoms with E-state index >= 15 is 0 Å². The molecule has 1 unspecified atom stereocenters. The molecule has 3 rings (SSSR count). The third-order valence-electron chi connectivity index (χ3n) is 8.09. The van der Waals surface area contributed by atoms with Crippen LogP contribution in [0.1, 0.15) is 55.8 Å². The second-order valence-electron chi connectivity index (χ2n) is 12.4. The molecule has 1 heterocycles. The van der Waals surface area contributed by atoms with Gasteiger partial charge in [-0.25, -0.2) is 18.2 Å². The first-order valence-corrected chi connectivity index (χ1v) is 19.5. The van der Waals surface area contributed by atoms with Crippen LogP contribution in [0.3, 0.4) is 0 Å². The largest absolute Gasteiger partial charge is 0.396 e. The Morgan fingerprint density at radius 3 is 2.08 bits per heavy atom. The first-order valence-electron chi connectivity index (χ1n) is 17.4. The van der Waals surface area contributed by atoms with Crippen molar-refractivity contribution in [1.82, 2.24) is 36.4 Å². The zero-order chi connectivity index (χ0) is 37.9. The van der Waals surface area contributed by atoms with Crippen LogP contribution in [-0.2, 0) is 24.4 Å². The van der Waals surface area contributed by atoms with Crippen LogP contribution in [0.25, 0.3) is 16.9 Å². The van der Waals surface area contributed by atoms with Gasteiger partial charge in [0.2, 0.25) is 21.8 Å². The molecule has 52 heavy (non-hydrogen) atoms. The minimum absolute atomic E-state index is 0.000910. The SMILES string of the molecule is C=C(CS)NCC(=O)NCC(=O)NCC(=O)C(NCCCCCNCCCCCO)c1ccc(-c2cc(C)nn2-c2ccc(S(N)(=O)=O)cc2)cc1. The molecule has 0 bridgehead atoms. The van der Waals surface area contributed by atoms with E-state index in [0.717, 1.165) is 74.1 Å². The normalized spacial score (nSPS) is 11.9. The summed E-state index contributed by atoms with van der Waals surface area (Å²) in [5, 5.41) is 33.5. The van der Waals surface area contributed by atoms with Crippen molar-refractivity contribution < 1.29 is 27.9 Å². The highest BCUT2D eigenvalue weighted by molar-refractivity contribution is 7.89. The molecule has 2 aromatic carbocycles. The van der Waals surface area contributed by atoms with Crippen LogP contribution >= 0.6 is 12.6 Å². The summed E-state index contributed by atoms with van der Waals surface area (Å²) in [5.74, 6) is -0.742. The van der Waals surface area contributed by atoms with E-state index in [-0.39, 0.29) is 36.9 Å². The number of aryl methyl sites for hydroxylation is 1. The Morgan fingerprint density at radius 2 is 1.46 bits per heavy atom. The predicted octanol–water partition coefficient (Wildman–Crippen LogP) is 1.88. The summed E-state index contributed by atoms with van der Waals surface area (Å²) in [7, 11) is -3.84. The number of thiol groups is 1. The summed E-state index contributed by atoms with van der Waals surface area (Å²) in [6.45, 7) is 7.66. The minimum atomic E-state index is -3.84. The third-order valence-corrected chi connectivity index (χ3v) is 9.40. The van der Waals surface area contributed by atoms with Crippen molar-refractivity contribution in [1.29, 1.82) is 0 Å². The number of nitrogens with zero attached hydrogens (tertiary/aromatic N) is 2. The van der Waals surface area contributed by atoms with Crippen LogP contribution in [0.4, 0.5) is 0 Å². The summed E-state index contributed by atoms with van der Waals surface area (Å²) in [6.07, 6.45) is 5.67. The van der Waals surface area contributed by atoms with E-state index in [0.29, 0.717) is 23.7 Å². The lowest BCUT2D eigenvalue weighted by Crippen LogP contribution is -2.43. The topological polar surface area (TPSA) is 210 Å². The molecule has 0 saturated heterocycles. The molecule has 0 spiro atoms. The number of sulfonamides is 1. The first kappa shape index (κ1) is 42.4. The number of aliphatic hydroxyl groups is 1. The van der Waals surface area contributed by atoms with E-state index in [9.17, 15) is 22.8 Å². The second-order valence-corrected chi connectivity index (χ2v) is 14.2. The molecule has 14 nitrogen and oxygen atoms in total. The van der Waals surface area contributed by atoms with E-state index < -0.39 is 27.9 Å². The number of unbranched alkanes of at least 4 members (excludes halogenated alkanes) is 4. The van der Waals surface area contributed by atoms with Gasteiger partial charge >= 0.3 is 0 Å². The summed E-state index contributed by atoms with van der Waals surface area (Å²) in [6, 6.07) is 14.8. The molecule has 0 aliphatic rings. The van der Waals surface area contributed by atoms with Gasteiger partial charge in [0.05, 0.1) is 47.6 Å². The number of Topliss-reactive ketones (excluding diaryl/α,β-unsaturated/α-hetero) is 1. The summed E-state index contributed by atoms with van der Waals surface area (Å²) in [5.41, 5.74) is 4.30. The molecule has 1 aromatic heterocycles. The van der Waals surface area contributed by atoms with Crippen LogP contribution in [0.2, 0.25) is 0 Å². The number of aromatic nitrogens is 2. The molecule has 16 heteroatoms. The predicted molar refractivity (Wildman–Crippen MR) is 206 cm³/mol. The number of benzene rings is 2. The van der Waals surface area contributed by atoms with Crippen molar-refractivity contribution in [3.05, 3.63) is 78.1 Å². The molecule has 2 amide bonds. The number of hydrogen-bond acceptors (Lipinski definition) is 11. The van der Waals surface area contributed by atoms with Gasteiger partial charge in [-0.15, -0.1) is 0 Å². The summed E-state index contributed by atoms with van der Waals surface area (Å²) in [4.78, 5) is 38.0. The lowest BCUT2D eigenvalue weighted by molar-refractivity contribution is -0.127. The molecule has 8 N–H and O–H groups in total. The Hall–Kier alpha value is -4.06. The van der Waals surface area contributed by atoms with Crippen molar-refractivity contribution >= 4 is 40.2 Å². The van der Waals surface area contributed by atoms with Crippen molar-refractivity contribution in [2.75, 3.05) is 51.6 Å². The van der Waals surface area contributed by atoms with Gasteiger partial charge in [-0.2, -0.15) is 17.7 Å². The Balaban J connectivity index is 1.66. The third kappa shape index (κ3) is 14.5. The fourth-order valence-electron chi connectivity index (χ4n) is 5.26. The molecule has 0 fully saturated rings. The maximum atomic E-state index is 13.5. The van der Waals surface area contributed by atoms with Crippen molar-refractivity contribution in [3.63, 3.8) is 0 Å². The van der Waals surface area contributed by atoms with Crippen LogP contribution < -0.4 is 31.7 Å². The van der Waals surface area contributed by atoms with Crippen LogP contribution in [-0.4, -0.2) is 92.5 Å². The van der Waals surface area contributed by atoms with Crippen molar-refractivity contribution in [3.8, 4) is 16.9 Å². The highest BCUT2D eigenvalue weighted by atomic mass is 32.2. The van der Waals surface area contributed by atoms with Gasteiger partial charge < -0.3 is 31.7 Å². The minimum Gasteiger partial charge on any atom is -0.396 e. The van der Waals surface area contributed by atoms with E-state index in [2.05, 4.69) is 50.9 Å². The summed E-state index contributed by atoms with van der Waals surface area (Å²) < 4.78 is 25.2. The number of carbonyl (C=O) groups is 3. The fourth-order valence-corrected chi connectivity index (χ4v) is 5.88. The average Bonchev–Trinajstić information content (AvgIpc) is 3.53. The lowest BCUT2D eigenvalue weighted by Gasteiger charge is -2.19. The number of carbonyl (C=O) groups excluding carboxylic acids is 3. The van der Waals surface area contributed by atoms with E-state index in [1.165, 1.54) is 12.1 Å². The lowest BCUT2D eigenvalue weighted by atomic mass is 9.99. The number of nitrogens with one attached hydrogen (secondary N) is 5.